The van der Waals surface area contributed by atoms with Crippen LogP contribution in [0.25, 0.3) is 0 Å². The minimum absolute atomic E-state index is 0.601. The van der Waals surface area contributed by atoms with Crippen molar-refractivity contribution in [1.82, 2.24) is 0 Å². The Morgan fingerprint density at radius 2 is 1.87 bits per heavy atom. The summed E-state index contributed by atoms with van der Waals surface area (Å²) in [5.41, 5.74) is 0. The second-order valence-corrected chi connectivity index (χ2v) is 3.62. The van der Waals surface area contributed by atoms with Crippen molar-refractivity contribution < 1.29 is 28.9 Å². The smallest absolute Gasteiger partial charge is 0.338 e. The molecule has 0 bridgehead atoms. The van der Waals surface area contributed by atoms with Crippen LogP contribution in [-0.4, -0.2) is 48.6 Å². The Morgan fingerprint density at radius 3 is 2.33 bits per heavy atom. The first-order valence-electron chi connectivity index (χ1n) is 4.48. The molecule has 0 spiro atoms. The van der Waals surface area contributed by atoms with E-state index < -0.39 is 36.4 Å². The van der Waals surface area contributed by atoms with E-state index in [1.54, 1.807) is 13.8 Å². The summed E-state index contributed by atoms with van der Waals surface area (Å²) >= 11 is 0. The lowest BCUT2D eigenvalue weighted by atomic mass is 10.1. The van der Waals surface area contributed by atoms with Gasteiger partial charge in [-0.15, -0.1) is 0 Å². The van der Waals surface area contributed by atoms with E-state index in [2.05, 4.69) is 4.74 Å². The van der Waals surface area contributed by atoms with Crippen LogP contribution in [0.3, 0.4) is 0 Å². The van der Waals surface area contributed by atoms with Crippen LogP contribution in [0.2, 0.25) is 0 Å². The van der Waals surface area contributed by atoms with Gasteiger partial charge in [-0.3, -0.25) is 4.79 Å². The Bertz CT molecular complexity index is 246. The predicted octanol–water partition coefficient (Wildman–Crippen LogP) is -0.759. The second kappa shape index (κ2) is 4.26. The van der Waals surface area contributed by atoms with Crippen LogP contribution in [0.5, 0.6) is 0 Å². The highest BCUT2D eigenvalue weighted by atomic mass is 16.8. The number of hydrogen-bond donors (Lipinski definition) is 1. The van der Waals surface area contributed by atoms with Gasteiger partial charge in [-0.25, -0.2) is 4.79 Å². The van der Waals surface area contributed by atoms with E-state index in [0.29, 0.717) is 0 Å². The van der Waals surface area contributed by atoms with Gasteiger partial charge >= 0.3 is 5.97 Å². The van der Waals surface area contributed by atoms with E-state index in [4.69, 9.17) is 14.6 Å². The number of ether oxygens (including phenoxy) is 3. The number of hydrogen-bond acceptors (Lipinski definition) is 6. The number of rotatable bonds is 3. The molecule has 2 atom stereocenters. The van der Waals surface area contributed by atoms with Gasteiger partial charge < -0.3 is 19.3 Å². The summed E-state index contributed by atoms with van der Waals surface area (Å²) in [7, 11) is 1.19. The van der Waals surface area contributed by atoms with Crippen LogP contribution in [-0.2, 0) is 23.8 Å². The summed E-state index contributed by atoms with van der Waals surface area (Å²) in [6.45, 7) is 2.46. The van der Waals surface area contributed by atoms with Gasteiger partial charge in [-0.2, -0.15) is 0 Å². The zero-order valence-electron chi connectivity index (χ0n) is 8.85. The van der Waals surface area contributed by atoms with Crippen molar-refractivity contribution in [2.45, 2.75) is 31.8 Å². The molecule has 6 heteroatoms. The first kappa shape index (κ1) is 12.1. The Hall–Kier alpha value is -0.980. The molecule has 6 nitrogen and oxygen atoms in total. The fourth-order valence-corrected chi connectivity index (χ4v) is 1.38. The maximum Gasteiger partial charge on any atom is 0.338 e. The molecule has 0 aromatic rings. The largest absolute Gasteiger partial charge is 0.467 e. The molecule has 1 aliphatic rings. The molecule has 15 heavy (non-hydrogen) atoms. The van der Waals surface area contributed by atoms with Crippen molar-refractivity contribution in [2.24, 2.45) is 0 Å². The number of carbonyl (C=O) groups is 2. The quantitative estimate of drug-likeness (QED) is 0.627. The lowest BCUT2D eigenvalue weighted by molar-refractivity contribution is -0.168. The van der Waals surface area contributed by atoms with Gasteiger partial charge in [0.15, 0.2) is 23.8 Å². The average molecular weight is 218 g/mol. The van der Waals surface area contributed by atoms with Crippen molar-refractivity contribution in [2.75, 3.05) is 13.7 Å². The molecule has 0 aromatic heterocycles. The highest BCUT2D eigenvalue weighted by Gasteiger charge is 2.49. The summed E-state index contributed by atoms with van der Waals surface area (Å²) in [6.07, 6.45) is -2.21. The van der Waals surface area contributed by atoms with Gasteiger partial charge in [0.25, 0.3) is 0 Å². The molecule has 1 rings (SSSR count). The zero-order chi connectivity index (χ0) is 11.6. The van der Waals surface area contributed by atoms with E-state index in [9.17, 15) is 9.59 Å². The van der Waals surface area contributed by atoms with E-state index in [0.717, 1.165) is 0 Å². The van der Waals surface area contributed by atoms with Crippen molar-refractivity contribution in [3.05, 3.63) is 0 Å². The van der Waals surface area contributed by atoms with Crippen molar-refractivity contribution >= 4 is 11.8 Å². The molecule has 1 saturated heterocycles. The lowest BCUT2D eigenvalue weighted by Crippen LogP contribution is -2.39. The summed E-state index contributed by atoms with van der Waals surface area (Å²) < 4.78 is 14.9. The second-order valence-electron chi connectivity index (χ2n) is 3.62. The maximum atomic E-state index is 11.3. The van der Waals surface area contributed by atoms with Gasteiger partial charge in [0, 0.05) is 0 Å². The average Bonchev–Trinajstić information content (AvgIpc) is 2.52. The first-order chi connectivity index (χ1) is 6.91. The van der Waals surface area contributed by atoms with Crippen LogP contribution >= 0.6 is 0 Å². The van der Waals surface area contributed by atoms with E-state index in [-0.39, 0.29) is 0 Å². The first-order valence-corrected chi connectivity index (χ1v) is 4.48. The number of Topliss-reactive ketones (excluding diaryl/α,β-unsaturated/α-hetero) is 1. The molecule has 1 fully saturated rings. The summed E-state index contributed by atoms with van der Waals surface area (Å²) in [6, 6.07) is 0. The minimum atomic E-state index is -1.11. The van der Waals surface area contributed by atoms with Crippen LogP contribution in [0, 0.1) is 0 Å². The normalized spacial score (nSPS) is 28.8. The van der Waals surface area contributed by atoms with Crippen molar-refractivity contribution in [3.63, 3.8) is 0 Å². The highest BCUT2D eigenvalue weighted by Crippen LogP contribution is 2.29. The van der Waals surface area contributed by atoms with Crippen molar-refractivity contribution in [3.8, 4) is 0 Å². The van der Waals surface area contributed by atoms with Gasteiger partial charge in [0.2, 0.25) is 0 Å². The van der Waals surface area contributed by atoms with E-state index in [1.807, 2.05) is 0 Å². The Kier molecular flexibility index (Phi) is 3.43. The molecule has 0 aromatic carbocycles. The third kappa shape index (κ3) is 2.53. The number of esters is 1. The fraction of sp³-hybridized carbons (Fsp3) is 0.778. The zero-order valence-corrected chi connectivity index (χ0v) is 8.85. The summed E-state index contributed by atoms with van der Waals surface area (Å²) in [5.74, 6) is -2.32. The standard InChI is InChI=1S/C9H14O6/c1-9(2)14-6(5(11)4-10)7(15-9)8(12)13-3/h6-7,10H,4H2,1-3H3. The maximum absolute atomic E-state index is 11.3. The fourth-order valence-electron chi connectivity index (χ4n) is 1.38. The molecule has 1 N–H and O–H groups in total. The van der Waals surface area contributed by atoms with Crippen LogP contribution in [0.15, 0.2) is 0 Å². The molecular formula is C9H14O6. The van der Waals surface area contributed by atoms with Gasteiger partial charge in [0.05, 0.1) is 7.11 Å². The number of carbonyl (C=O) groups excluding carboxylic acids is 2. The van der Waals surface area contributed by atoms with Crippen molar-refractivity contribution in [1.29, 1.82) is 0 Å². The molecular weight excluding hydrogens is 204 g/mol. The lowest BCUT2D eigenvalue weighted by Gasteiger charge is -2.15. The van der Waals surface area contributed by atoms with E-state index in [1.165, 1.54) is 7.11 Å². The molecule has 0 saturated carbocycles. The number of aliphatic hydroxyl groups excluding tert-OH is 1. The topological polar surface area (TPSA) is 82.1 Å². The van der Waals surface area contributed by atoms with Gasteiger partial charge in [-0.1, -0.05) is 0 Å². The molecule has 86 valence electrons. The molecule has 0 radical (unpaired) electrons. The van der Waals surface area contributed by atoms with E-state index >= 15 is 0 Å². The molecule has 2 unspecified atom stereocenters. The SMILES string of the molecule is COC(=O)C1OC(C)(C)OC1C(=O)CO. The third-order valence-corrected chi connectivity index (χ3v) is 2.00. The number of methoxy groups -OCH3 is 1. The Morgan fingerprint density at radius 1 is 1.33 bits per heavy atom. The summed E-state index contributed by atoms with van der Waals surface area (Å²) in [5, 5.41) is 8.70. The predicted molar refractivity (Wildman–Crippen MR) is 47.9 cm³/mol. The molecule has 0 aliphatic carbocycles. The van der Waals surface area contributed by atoms with Crippen LogP contribution in [0.1, 0.15) is 13.8 Å². The van der Waals surface area contributed by atoms with Crippen LogP contribution < -0.4 is 0 Å². The third-order valence-electron chi connectivity index (χ3n) is 2.00. The summed E-state index contributed by atoms with van der Waals surface area (Å²) in [4.78, 5) is 22.5. The molecule has 1 aliphatic heterocycles. The Balaban J connectivity index is 2.83. The molecule has 0 amide bonds. The number of aliphatic hydroxyl groups is 1. The Labute approximate surface area is 87.1 Å². The highest BCUT2D eigenvalue weighted by molar-refractivity contribution is 5.91. The van der Waals surface area contributed by atoms with Gasteiger partial charge in [-0.05, 0) is 13.8 Å². The minimum Gasteiger partial charge on any atom is -0.467 e. The number of ketones is 1. The van der Waals surface area contributed by atoms with Crippen LogP contribution in [0.4, 0.5) is 0 Å². The van der Waals surface area contributed by atoms with Gasteiger partial charge in [0.1, 0.15) is 6.61 Å². The molecule has 1 heterocycles. The monoisotopic (exact) mass is 218 g/mol.